The lowest BCUT2D eigenvalue weighted by Gasteiger charge is -2.23. The molecule has 0 radical (unpaired) electrons. The predicted molar refractivity (Wildman–Crippen MR) is 65.4 cm³/mol. The van der Waals surface area contributed by atoms with Gasteiger partial charge in [-0.25, -0.2) is 0 Å². The average Bonchev–Trinajstić information content (AvgIpc) is 2.15. The van der Waals surface area contributed by atoms with Crippen LogP contribution in [-0.4, -0.2) is 17.7 Å². The topological polar surface area (TPSA) is 24.1 Å². The lowest BCUT2D eigenvalue weighted by molar-refractivity contribution is 0.356. The summed E-state index contributed by atoms with van der Waals surface area (Å²) in [5, 5.41) is 7.32. The van der Waals surface area contributed by atoms with Crippen molar-refractivity contribution >= 4 is 17.3 Å². The molecule has 1 rings (SSSR count). The molecule has 2 nitrogen and oxygen atoms in total. The SMILES string of the molecule is CC(C)NC(=S)NCC1CCCCC1. The van der Waals surface area contributed by atoms with Gasteiger partial charge in [0.25, 0.3) is 0 Å². The molecule has 0 unspecified atom stereocenters. The zero-order valence-corrected chi connectivity index (χ0v) is 10.1. The van der Waals surface area contributed by atoms with E-state index in [1.54, 1.807) is 0 Å². The van der Waals surface area contributed by atoms with Gasteiger partial charge in [-0.1, -0.05) is 19.3 Å². The van der Waals surface area contributed by atoms with Gasteiger partial charge in [0.05, 0.1) is 0 Å². The summed E-state index contributed by atoms with van der Waals surface area (Å²) in [6, 6.07) is 0.432. The fourth-order valence-electron chi connectivity index (χ4n) is 1.94. The van der Waals surface area contributed by atoms with E-state index in [0.29, 0.717) is 6.04 Å². The van der Waals surface area contributed by atoms with Crippen molar-refractivity contribution in [1.29, 1.82) is 0 Å². The highest BCUT2D eigenvalue weighted by molar-refractivity contribution is 7.80. The number of nitrogens with one attached hydrogen (secondary N) is 2. The Morgan fingerprint density at radius 3 is 2.50 bits per heavy atom. The van der Waals surface area contributed by atoms with Gasteiger partial charge in [0.15, 0.2) is 5.11 Å². The Morgan fingerprint density at radius 2 is 1.93 bits per heavy atom. The van der Waals surface area contributed by atoms with Crippen LogP contribution in [0.1, 0.15) is 46.0 Å². The van der Waals surface area contributed by atoms with E-state index in [1.165, 1.54) is 32.1 Å². The maximum Gasteiger partial charge on any atom is 0.166 e. The molecule has 0 aromatic carbocycles. The molecule has 1 aliphatic rings. The van der Waals surface area contributed by atoms with Gasteiger partial charge in [-0.15, -0.1) is 0 Å². The van der Waals surface area contributed by atoms with E-state index in [0.717, 1.165) is 17.6 Å². The van der Waals surface area contributed by atoms with Gasteiger partial charge in [-0.2, -0.15) is 0 Å². The van der Waals surface area contributed by atoms with Crippen molar-refractivity contribution in [3.8, 4) is 0 Å². The van der Waals surface area contributed by atoms with Crippen molar-refractivity contribution in [2.45, 2.75) is 52.0 Å². The standard InChI is InChI=1S/C11H22N2S/c1-9(2)13-11(14)12-8-10-6-4-3-5-7-10/h9-10H,3-8H2,1-2H3,(H2,12,13,14). The van der Waals surface area contributed by atoms with Crippen molar-refractivity contribution < 1.29 is 0 Å². The minimum absolute atomic E-state index is 0.432. The Kier molecular flexibility index (Phi) is 5.23. The second kappa shape index (κ2) is 6.23. The van der Waals surface area contributed by atoms with Gasteiger partial charge in [0, 0.05) is 12.6 Å². The third-order valence-corrected chi connectivity index (χ3v) is 2.96. The van der Waals surface area contributed by atoms with Crippen LogP contribution in [0.4, 0.5) is 0 Å². The Bertz CT molecular complexity index is 174. The summed E-state index contributed by atoms with van der Waals surface area (Å²) in [7, 11) is 0. The molecule has 0 aromatic rings. The molecule has 0 aromatic heterocycles. The van der Waals surface area contributed by atoms with Crippen molar-refractivity contribution in [2.24, 2.45) is 5.92 Å². The first-order valence-corrected chi connectivity index (χ1v) is 6.13. The van der Waals surface area contributed by atoms with Crippen LogP contribution in [-0.2, 0) is 0 Å². The van der Waals surface area contributed by atoms with Crippen LogP contribution in [0.5, 0.6) is 0 Å². The summed E-state index contributed by atoms with van der Waals surface area (Å²) in [5.41, 5.74) is 0. The molecule has 0 aliphatic heterocycles. The quantitative estimate of drug-likeness (QED) is 0.706. The van der Waals surface area contributed by atoms with Crippen LogP contribution in [0.25, 0.3) is 0 Å². The molecule has 0 atom stereocenters. The van der Waals surface area contributed by atoms with E-state index in [2.05, 4.69) is 24.5 Å². The normalized spacial score (nSPS) is 18.2. The van der Waals surface area contributed by atoms with E-state index >= 15 is 0 Å². The predicted octanol–water partition coefficient (Wildman–Crippen LogP) is 2.44. The summed E-state index contributed by atoms with van der Waals surface area (Å²) in [5.74, 6) is 0.843. The van der Waals surface area contributed by atoms with Gasteiger partial charge in [0.1, 0.15) is 0 Å². The van der Waals surface area contributed by atoms with Crippen molar-refractivity contribution in [2.75, 3.05) is 6.54 Å². The molecule has 1 fully saturated rings. The lowest BCUT2D eigenvalue weighted by Crippen LogP contribution is -2.41. The van der Waals surface area contributed by atoms with Gasteiger partial charge >= 0.3 is 0 Å². The Hall–Kier alpha value is -0.310. The van der Waals surface area contributed by atoms with E-state index in [1.807, 2.05) is 0 Å². The highest BCUT2D eigenvalue weighted by Crippen LogP contribution is 2.22. The van der Waals surface area contributed by atoms with Crippen LogP contribution < -0.4 is 10.6 Å². The molecule has 3 heteroatoms. The highest BCUT2D eigenvalue weighted by atomic mass is 32.1. The number of rotatable bonds is 3. The molecule has 0 spiro atoms. The van der Waals surface area contributed by atoms with Gasteiger partial charge in [0.2, 0.25) is 0 Å². The van der Waals surface area contributed by atoms with Crippen LogP contribution in [0.2, 0.25) is 0 Å². The third-order valence-electron chi connectivity index (χ3n) is 2.70. The molecule has 1 aliphatic carbocycles. The Morgan fingerprint density at radius 1 is 1.29 bits per heavy atom. The summed E-state index contributed by atoms with van der Waals surface area (Å²) in [4.78, 5) is 0. The maximum atomic E-state index is 5.18. The van der Waals surface area contributed by atoms with E-state index in [-0.39, 0.29) is 0 Å². The van der Waals surface area contributed by atoms with Crippen LogP contribution >= 0.6 is 12.2 Å². The van der Waals surface area contributed by atoms with Gasteiger partial charge in [-0.05, 0) is 44.8 Å². The molecule has 2 N–H and O–H groups in total. The molecule has 0 heterocycles. The molecular weight excluding hydrogens is 192 g/mol. The lowest BCUT2D eigenvalue weighted by atomic mass is 9.89. The molecule has 14 heavy (non-hydrogen) atoms. The molecule has 1 saturated carbocycles. The zero-order chi connectivity index (χ0) is 10.4. The Labute approximate surface area is 92.8 Å². The molecule has 82 valence electrons. The van der Waals surface area contributed by atoms with Gasteiger partial charge in [-0.3, -0.25) is 0 Å². The molecule has 0 saturated heterocycles. The zero-order valence-electron chi connectivity index (χ0n) is 9.31. The smallest absolute Gasteiger partial charge is 0.166 e. The molecule has 0 bridgehead atoms. The van der Waals surface area contributed by atoms with Crippen LogP contribution in [0.3, 0.4) is 0 Å². The highest BCUT2D eigenvalue weighted by Gasteiger charge is 2.13. The summed E-state index contributed by atoms with van der Waals surface area (Å²) in [6.45, 7) is 5.27. The monoisotopic (exact) mass is 214 g/mol. The maximum absolute atomic E-state index is 5.18. The molecule has 0 amide bonds. The first kappa shape index (κ1) is 11.8. The van der Waals surface area contributed by atoms with Crippen molar-refractivity contribution in [1.82, 2.24) is 10.6 Å². The average molecular weight is 214 g/mol. The second-order valence-corrected chi connectivity index (χ2v) is 4.92. The van der Waals surface area contributed by atoms with Gasteiger partial charge < -0.3 is 10.6 Å². The summed E-state index contributed by atoms with van der Waals surface area (Å²) in [6.07, 6.45) is 6.97. The van der Waals surface area contributed by atoms with Crippen molar-refractivity contribution in [3.63, 3.8) is 0 Å². The van der Waals surface area contributed by atoms with E-state index in [9.17, 15) is 0 Å². The van der Waals surface area contributed by atoms with E-state index in [4.69, 9.17) is 12.2 Å². The summed E-state index contributed by atoms with van der Waals surface area (Å²) < 4.78 is 0. The fraction of sp³-hybridized carbons (Fsp3) is 0.909. The minimum Gasteiger partial charge on any atom is -0.362 e. The Balaban J connectivity index is 2.09. The second-order valence-electron chi connectivity index (χ2n) is 4.51. The number of thiocarbonyl (C=S) groups is 1. The summed E-state index contributed by atoms with van der Waals surface area (Å²) >= 11 is 5.18. The molecular formula is C11H22N2S. The third kappa shape index (κ3) is 4.80. The van der Waals surface area contributed by atoms with Crippen LogP contribution in [0.15, 0.2) is 0 Å². The largest absolute Gasteiger partial charge is 0.362 e. The first-order chi connectivity index (χ1) is 6.68. The number of hydrogen-bond acceptors (Lipinski definition) is 1. The van der Waals surface area contributed by atoms with Crippen molar-refractivity contribution in [3.05, 3.63) is 0 Å². The fourth-order valence-corrected chi connectivity index (χ4v) is 2.26. The number of hydrogen-bond donors (Lipinski definition) is 2. The first-order valence-electron chi connectivity index (χ1n) is 5.73. The van der Waals surface area contributed by atoms with Crippen LogP contribution in [0, 0.1) is 5.92 Å². The van der Waals surface area contributed by atoms with E-state index < -0.39 is 0 Å². The minimum atomic E-state index is 0.432.